The monoisotopic (exact) mass is 356 g/mol. The second-order valence-electron chi connectivity index (χ2n) is 7.06. The van der Waals surface area contributed by atoms with Crippen LogP contribution in [0.25, 0.3) is 10.9 Å². The van der Waals surface area contributed by atoms with Crippen LogP contribution in [0.15, 0.2) is 42.5 Å². The highest BCUT2D eigenvalue weighted by molar-refractivity contribution is 6.30. The molecule has 130 valence electrons. The molecule has 1 aliphatic heterocycles. The van der Waals surface area contributed by atoms with Crippen molar-refractivity contribution in [3.63, 3.8) is 0 Å². The molecular formula is C21H22ClFN2. The van der Waals surface area contributed by atoms with Gasteiger partial charge in [-0.1, -0.05) is 35.9 Å². The first-order chi connectivity index (χ1) is 12.0. The summed E-state index contributed by atoms with van der Waals surface area (Å²) in [7, 11) is 2.14. The molecule has 2 aromatic carbocycles. The van der Waals surface area contributed by atoms with Crippen LogP contribution in [0.4, 0.5) is 4.39 Å². The summed E-state index contributed by atoms with van der Waals surface area (Å²) in [6.07, 6.45) is 1.83. The molecule has 1 aromatic heterocycles. The lowest BCUT2D eigenvalue weighted by Crippen LogP contribution is -2.35. The SMILES string of the molecule is CC1Cc2c(c3cccc(F)c3n2CCc2ccc(Cl)cc2)CN1C. The minimum absolute atomic E-state index is 0.127. The highest BCUT2D eigenvalue weighted by Crippen LogP contribution is 2.34. The number of hydrogen-bond acceptors (Lipinski definition) is 1. The number of hydrogen-bond donors (Lipinski definition) is 0. The quantitative estimate of drug-likeness (QED) is 0.637. The van der Waals surface area contributed by atoms with Crippen molar-refractivity contribution in [3.8, 4) is 0 Å². The van der Waals surface area contributed by atoms with Gasteiger partial charge in [0.25, 0.3) is 0 Å². The molecular weight excluding hydrogens is 335 g/mol. The van der Waals surface area contributed by atoms with E-state index in [-0.39, 0.29) is 5.82 Å². The zero-order valence-electron chi connectivity index (χ0n) is 14.6. The highest BCUT2D eigenvalue weighted by Gasteiger charge is 2.27. The summed E-state index contributed by atoms with van der Waals surface area (Å²) in [5.74, 6) is -0.127. The second kappa shape index (κ2) is 6.47. The fraction of sp³-hybridized carbons (Fsp3) is 0.333. The molecule has 1 aliphatic rings. The number of rotatable bonds is 3. The van der Waals surface area contributed by atoms with Crippen LogP contribution in [0.5, 0.6) is 0 Å². The van der Waals surface area contributed by atoms with E-state index in [1.54, 1.807) is 6.07 Å². The van der Waals surface area contributed by atoms with Gasteiger partial charge in [0.1, 0.15) is 5.82 Å². The van der Waals surface area contributed by atoms with Gasteiger partial charge in [-0.15, -0.1) is 0 Å². The topological polar surface area (TPSA) is 8.17 Å². The van der Waals surface area contributed by atoms with Gasteiger partial charge in [-0.05, 0) is 49.7 Å². The summed E-state index contributed by atoms with van der Waals surface area (Å²) in [6.45, 7) is 3.90. The van der Waals surface area contributed by atoms with Gasteiger partial charge in [0.05, 0.1) is 5.52 Å². The van der Waals surface area contributed by atoms with Crippen molar-refractivity contribution < 1.29 is 4.39 Å². The lowest BCUT2D eigenvalue weighted by Gasteiger charge is -2.31. The first kappa shape index (κ1) is 16.6. The molecule has 0 saturated heterocycles. The summed E-state index contributed by atoms with van der Waals surface area (Å²) in [5, 5.41) is 1.81. The van der Waals surface area contributed by atoms with E-state index in [0.717, 1.165) is 41.9 Å². The minimum Gasteiger partial charge on any atom is -0.342 e. The fourth-order valence-corrected chi connectivity index (χ4v) is 4.00. The number of para-hydroxylation sites is 1. The Kier molecular flexibility index (Phi) is 4.30. The van der Waals surface area contributed by atoms with E-state index < -0.39 is 0 Å². The first-order valence-electron chi connectivity index (χ1n) is 8.77. The van der Waals surface area contributed by atoms with Crippen molar-refractivity contribution in [2.45, 2.75) is 38.9 Å². The van der Waals surface area contributed by atoms with E-state index in [0.29, 0.717) is 6.04 Å². The zero-order valence-corrected chi connectivity index (χ0v) is 15.4. The van der Waals surface area contributed by atoms with Gasteiger partial charge in [-0.3, -0.25) is 4.90 Å². The van der Waals surface area contributed by atoms with Crippen LogP contribution in [0.1, 0.15) is 23.7 Å². The summed E-state index contributed by atoms with van der Waals surface area (Å²) in [5.41, 5.74) is 4.55. The van der Waals surface area contributed by atoms with E-state index in [1.165, 1.54) is 16.8 Å². The Hall–Kier alpha value is -1.84. The molecule has 2 nitrogen and oxygen atoms in total. The van der Waals surface area contributed by atoms with Crippen molar-refractivity contribution in [3.05, 3.63) is 70.1 Å². The third kappa shape index (κ3) is 2.96. The Labute approximate surface area is 152 Å². The fourth-order valence-electron chi connectivity index (χ4n) is 3.88. The van der Waals surface area contributed by atoms with Crippen LogP contribution < -0.4 is 0 Å². The third-order valence-electron chi connectivity index (χ3n) is 5.44. The number of likely N-dealkylation sites (N-methyl/N-ethyl adjacent to an activating group) is 1. The number of fused-ring (bicyclic) bond motifs is 3. The van der Waals surface area contributed by atoms with Crippen LogP contribution in [0.2, 0.25) is 5.02 Å². The molecule has 0 aliphatic carbocycles. The third-order valence-corrected chi connectivity index (χ3v) is 5.69. The predicted octanol–water partition coefficient (Wildman–Crippen LogP) is 5.05. The van der Waals surface area contributed by atoms with Crippen LogP contribution >= 0.6 is 11.6 Å². The lowest BCUT2D eigenvalue weighted by atomic mass is 10.00. The van der Waals surface area contributed by atoms with Gasteiger partial charge in [0.15, 0.2) is 0 Å². The standard InChI is InChI=1S/C21H22ClFN2/c1-14-12-20-18(13-24(14)2)17-4-3-5-19(23)21(17)25(20)11-10-15-6-8-16(22)9-7-15/h3-9,14H,10-13H2,1-2H3. The Bertz CT molecular complexity index is 914. The van der Waals surface area contributed by atoms with Gasteiger partial charge < -0.3 is 4.57 Å². The molecule has 1 atom stereocenters. The Morgan fingerprint density at radius 1 is 1.16 bits per heavy atom. The molecule has 2 heterocycles. The maximum Gasteiger partial charge on any atom is 0.147 e. The largest absolute Gasteiger partial charge is 0.342 e. The molecule has 0 fully saturated rings. The first-order valence-corrected chi connectivity index (χ1v) is 9.15. The van der Waals surface area contributed by atoms with Gasteiger partial charge in [0.2, 0.25) is 0 Å². The molecule has 0 N–H and O–H groups in total. The molecule has 0 spiro atoms. The normalized spacial score (nSPS) is 17.8. The molecule has 1 unspecified atom stereocenters. The zero-order chi connectivity index (χ0) is 17.6. The molecule has 4 heteroatoms. The van der Waals surface area contributed by atoms with Crippen LogP contribution in [0, 0.1) is 5.82 Å². The number of halogens is 2. The number of aromatic nitrogens is 1. The van der Waals surface area contributed by atoms with E-state index in [4.69, 9.17) is 11.6 Å². The van der Waals surface area contributed by atoms with Crippen molar-refractivity contribution in [2.24, 2.45) is 0 Å². The predicted molar refractivity (Wildman–Crippen MR) is 102 cm³/mol. The average Bonchev–Trinajstić information content (AvgIpc) is 2.89. The summed E-state index contributed by atoms with van der Waals surface area (Å²) in [4.78, 5) is 2.34. The van der Waals surface area contributed by atoms with Crippen molar-refractivity contribution in [1.29, 1.82) is 0 Å². The van der Waals surface area contributed by atoms with E-state index in [1.807, 2.05) is 30.3 Å². The molecule has 4 rings (SSSR count). The smallest absolute Gasteiger partial charge is 0.147 e. The van der Waals surface area contributed by atoms with Crippen molar-refractivity contribution in [2.75, 3.05) is 7.05 Å². The number of benzene rings is 2. The number of aryl methyl sites for hydroxylation is 2. The van der Waals surface area contributed by atoms with Crippen molar-refractivity contribution >= 4 is 22.5 Å². The van der Waals surface area contributed by atoms with Gasteiger partial charge in [-0.25, -0.2) is 4.39 Å². The number of nitrogens with zero attached hydrogens (tertiary/aromatic N) is 2. The van der Waals surface area contributed by atoms with Gasteiger partial charge in [0, 0.05) is 41.7 Å². The van der Waals surface area contributed by atoms with E-state index >= 15 is 0 Å². The summed E-state index contributed by atoms with van der Waals surface area (Å²) >= 11 is 5.98. The Balaban J connectivity index is 1.77. The van der Waals surface area contributed by atoms with Gasteiger partial charge in [-0.2, -0.15) is 0 Å². The molecule has 0 radical (unpaired) electrons. The average molecular weight is 357 g/mol. The molecule has 0 bridgehead atoms. The second-order valence-corrected chi connectivity index (χ2v) is 7.49. The highest BCUT2D eigenvalue weighted by atomic mass is 35.5. The molecule has 25 heavy (non-hydrogen) atoms. The van der Waals surface area contributed by atoms with E-state index in [2.05, 4.69) is 29.5 Å². The molecule has 3 aromatic rings. The van der Waals surface area contributed by atoms with Gasteiger partial charge >= 0.3 is 0 Å². The Morgan fingerprint density at radius 2 is 1.92 bits per heavy atom. The maximum atomic E-state index is 14.7. The molecule has 0 amide bonds. The summed E-state index contributed by atoms with van der Waals surface area (Å²) < 4.78 is 16.9. The minimum atomic E-state index is -0.127. The maximum absolute atomic E-state index is 14.7. The van der Waals surface area contributed by atoms with Crippen LogP contribution in [-0.2, 0) is 25.9 Å². The lowest BCUT2D eigenvalue weighted by molar-refractivity contribution is 0.228. The summed E-state index contributed by atoms with van der Waals surface area (Å²) in [6, 6.07) is 13.8. The van der Waals surface area contributed by atoms with E-state index in [9.17, 15) is 4.39 Å². The Morgan fingerprint density at radius 3 is 2.68 bits per heavy atom. The van der Waals surface area contributed by atoms with Crippen LogP contribution in [0.3, 0.4) is 0 Å². The van der Waals surface area contributed by atoms with Crippen LogP contribution in [-0.4, -0.2) is 22.6 Å². The molecule has 0 saturated carbocycles. The van der Waals surface area contributed by atoms with Crippen molar-refractivity contribution in [1.82, 2.24) is 9.47 Å².